The Morgan fingerprint density at radius 3 is 2.78 bits per heavy atom. The molecule has 0 spiro atoms. The van der Waals surface area contributed by atoms with Crippen molar-refractivity contribution < 1.29 is 14.6 Å². The topological polar surface area (TPSA) is 46.5 Å². The van der Waals surface area contributed by atoms with Gasteiger partial charge in [0.15, 0.2) is 0 Å². The van der Waals surface area contributed by atoms with Crippen molar-refractivity contribution in [3.05, 3.63) is 0 Å². The van der Waals surface area contributed by atoms with Gasteiger partial charge < -0.3 is 9.84 Å². The Hall–Kier alpha value is -0.570. The zero-order valence-corrected chi connectivity index (χ0v) is 4.91. The van der Waals surface area contributed by atoms with Crippen LogP contribution in [0.2, 0.25) is 0 Å². The fourth-order valence-corrected chi connectivity index (χ4v) is 1.58. The highest BCUT2D eigenvalue weighted by Gasteiger charge is 2.58. The number of carboxylic acids is 1. The molecule has 2 fully saturated rings. The van der Waals surface area contributed by atoms with Gasteiger partial charge in [-0.25, -0.2) is 0 Å². The molecular formula is C6H8O3. The molecule has 50 valence electrons. The van der Waals surface area contributed by atoms with Crippen molar-refractivity contribution in [3.8, 4) is 0 Å². The molecule has 1 N–H and O–H groups in total. The number of fused-ring (bicyclic) bond motifs is 1. The summed E-state index contributed by atoms with van der Waals surface area (Å²) in [5, 5.41) is 8.48. The van der Waals surface area contributed by atoms with E-state index >= 15 is 0 Å². The Kier molecular flexibility index (Phi) is 0.858. The molecule has 0 aromatic heterocycles. The first kappa shape index (κ1) is 5.23. The Bertz CT molecular complexity index is 144. The third kappa shape index (κ3) is 0.580. The molecule has 9 heavy (non-hydrogen) atoms. The molecule has 3 heteroatoms. The molecule has 0 amide bonds. The van der Waals surface area contributed by atoms with Gasteiger partial charge in [0.05, 0.1) is 12.0 Å². The summed E-state index contributed by atoms with van der Waals surface area (Å²) in [6, 6.07) is 0. The molecule has 0 aromatic rings. The van der Waals surface area contributed by atoms with Gasteiger partial charge >= 0.3 is 5.97 Å². The Morgan fingerprint density at radius 1 is 1.67 bits per heavy atom. The van der Waals surface area contributed by atoms with Gasteiger partial charge in [-0.2, -0.15) is 0 Å². The highest BCUT2D eigenvalue weighted by molar-refractivity contribution is 5.75. The van der Waals surface area contributed by atoms with Gasteiger partial charge in [0.25, 0.3) is 0 Å². The Morgan fingerprint density at radius 2 is 2.44 bits per heavy atom. The Labute approximate surface area is 52.6 Å². The van der Waals surface area contributed by atoms with Crippen molar-refractivity contribution >= 4 is 5.97 Å². The third-order valence-corrected chi connectivity index (χ3v) is 2.14. The first-order valence-corrected chi connectivity index (χ1v) is 3.15. The predicted molar refractivity (Wildman–Crippen MR) is 29.0 cm³/mol. The second-order valence-electron chi connectivity index (χ2n) is 2.65. The van der Waals surface area contributed by atoms with Crippen molar-refractivity contribution in [2.75, 3.05) is 6.61 Å². The summed E-state index contributed by atoms with van der Waals surface area (Å²) in [7, 11) is 0. The van der Waals surface area contributed by atoms with E-state index in [1.54, 1.807) is 0 Å². The molecule has 0 bridgehead atoms. The van der Waals surface area contributed by atoms with E-state index in [2.05, 4.69) is 0 Å². The summed E-state index contributed by atoms with van der Waals surface area (Å²) < 4.78 is 5.12. The number of ether oxygens (including phenoxy) is 1. The van der Waals surface area contributed by atoms with Crippen LogP contribution in [0.1, 0.15) is 6.42 Å². The van der Waals surface area contributed by atoms with E-state index in [0.717, 1.165) is 13.0 Å². The molecule has 0 aromatic carbocycles. The van der Waals surface area contributed by atoms with Crippen molar-refractivity contribution in [2.45, 2.75) is 12.5 Å². The van der Waals surface area contributed by atoms with E-state index in [4.69, 9.17) is 9.84 Å². The summed E-state index contributed by atoms with van der Waals surface area (Å²) in [6.07, 6.45) is 1.02. The van der Waals surface area contributed by atoms with Crippen LogP contribution in [0.5, 0.6) is 0 Å². The van der Waals surface area contributed by atoms with Crippen molar-refractivity contribution in [1.29, 1.82) is 0 Å². The molecule has 1 saturated heterocycles. The molecule has 1 aliphatic heterocycles. The van der Waals surface area contributed by atoms with E-state index in [9.17, 15) is 4.79 Å². The quantitative estimate of drug-likeness (QED) is 0.545. The summed E-state index contributed by atoms with van der Waals surface area (Å²) in [6.45, 7) is 0.763. The summed E-state index contributed by atoms with van der Waals surface area (Å²) in [5.41, 5.74) is 0. The van der Waals surface area contributed by atoms with Gasteiger partial charge in [-0.15, -0.1) is 0 Å². The number of hydrogen-bond donors (Lipinski definition) is 1. The first-order valence-electron chi connectivity index (χ1n) is 3.15. The number of rotatable bonds is 1. The maximum absolute atomic E-state index is 10.3. The molecule has 0 unspecified atom stereocenters. The van der Waals surface area contributed by atoms with Crippen LogP contribution in [0.15, 0.2) is 0 Å². The lowest BCUT2D eigenvalue weighted by Gasteiger charge is -1.95. The summed E-state index contributed by atoms with van der Waals surface area (Å²) >= 11 is 0. The smallest absolute Gasteiger partial charge is 0.309 e. The molecule has 1 saturated carbocycles. The maximum Gasteiger partial charge on any atom is 0.309 e. The maximum atomic E-state index is 10.3. The summed E-state index contributed by atoms with van der Waals surface area (Å²) in [4.78, 5) is 10.3. The zero-order chi connectivity index (χ0) is 6.43. The molecule has 2 rings (SSSR count). The van der Waals surface area contributed by atoms with Gasteiger partial charge in [-0.05, 0) is 6.42 Å². The van der Waals surface area contributed by atoms with Gasteiger partial charge in [-0.1, -0.05) is 0 Å². The standard InChI is InChI=1S/C6H8O3/c7-6(8)4-3-1-2-9-5(3)4/h3-5H,1-2H2,(H,7,8)/t3-,4-,5+/m1/s1. The van der Waals surface area contributed by atoms with Crippen LogP contribution < -0.4 is 0 Å². The average molecular weight is 128 g/mol. The molecular weight excluding hydrogens is 120 g/mol. The van der Waals surface area contributed by atoms with Gasteiger partial charge in [0.2, 0.25) is 0 Å². The van der Waals surface area contributed by atoms with Crippen LogP contribution in [-0.2, 0) is 9.53 Å². The van der Waals surface area contributed by atoms with Crippen LogP contribution in [0, 0.1) is 11.8 Å². The minimum absolute atomic E-state index is 0.0718. The molecule has 2 aliphatic rings. The Balaban J connectivity index is 2.02. The second-order valence-corrected chi connectivity index (χ2v) is 2.65. The van der Waals surface area contributed by atoms with E-state index < -0.39 is 5.97 Å². The average Bonchev–Trinajstić information content (AvgIpc) is 2.30. The number of aliphatic carboxylic acids is 1. The van der Waals surface area contributed by atoms with E-state index in [0.29, 0.717) is 5.92 Å². The van der Waals surface area contributed by atoms with Crippen LogP contribution in [0.4, 0.5) is 0 Å². The van der Waals surface area contributed by atoms with Gasteiger partial charge in [-0.3, -0.25) is 4.79 Å². The molecule has 1 aliphatic carbocycles. The highest BCUT2D eigenvalue weighted by Crippen LogP contribution is 2.48. The highest BCUT2D eigenvalue weighted by atomic mass is 16.5. The largest absolute Gasteiger partial charge is 0.481 e. The van der Waals surface area contributed by atoms with Crippen molar-refractivity contribution in [1.82, 2.24) is 0 Å². The van der Waals surface area contributed by atoms with E-state index in [1.165, 1.54) is 0 Å². The lowest BCUT2D eigenvalue weighted by atomic mass is 10.2. The zero-order valence-electron chi connectivity index (χ0n) is 4.91. The van der Waals surface area contributed by atoms with Crippen LogP contribution in [0.3, 0.4) is 0 Å². The first-order chi connectivity index (χ1) is 4.30. The van der Waals surface area contributed by atoms with E-state index in [1.807, 2.05) is 0 Å². The number of hydrogen-bond acceptors (Lipinski definition) is 2. The second kappa shape index (κ2) is 1.48. The monoisotopic (exact) mass is 128 g/mol. The fourth-order valence-electron chi connectivity index (χ4n) is 1.58. The van der Waals surface area contributed by atoms with Gasteiger partial charge in [0.1, 0.15) is 0 Å². The van der Waals surface area contributed by atoms with Crippen LogP contribution in [0.25, 0.3) is 0 Å². The third-order valence-electron chi connectivity index (χ3n) is 2.14. The molecule has 3 nitrogen and oxygen atoms in total. The van der Waals surface area contributed by atoms with Gasteiger partial charge in [0, 0.05) is 12.5 Å². The predicted octanol–water partition coefficient (Wildman–Crippen LogP) is 0.106. The normalized spacial score (nSPS) is 46.4. The van der Waals surface area contributed by atoms with E-state index in [-0.39, 0.29) is 12.0 Å². The van der Waals surface area contributed by atoms with Crippen LogP contribution in [-0.4, -0.2) is 23.8 Å². The SMILES string of the molecule is O=C(O)[C@@H]1[C@H]2CCO[C@@H]21. The lowest BCUT2D eigenvalue weighted by Crippen LogP contribution is -2.07. The molecule has 1 heterocycles. The number of carbonyl (C=O) groups is 1. The fraction of sp³-hybridized carbons (Fsp3) is 0.833. The van der Waals surface area contributed by atoms with Crippen LogP contribution >= 0.6 is 0 Å². The minimum Gasteiger partial charge on any atom is -0.481 e. The number of carboxylic acid groups (broad SMARTS) is 1. The molecule has 0 radical (unpaired) electrons. The molecule has 3 atom stereocenters. The van der Waals surface area contributed by atoms with Crippen molar-refractivity contribution in [3.63, 3.8) is 0 Å². The minimum atomic E-state index is -0.690. The lowest BCUT2D eigenvalue weighted by molar-refractivity contribution is -0.140. The summed E-state index contributed by atoms with van der Waals surface area (Å²) in [5.74, 6) is -0.508. The van der Waals surface area contributed by atoms with Crippen molar-refractivity contribution in [2.24, 2.45) is 11.8 Å².